The van der Waals surface area contributed by atoms with Crippen LogP contribution in [-0.4, -0.2) is 25.3 Å². The summed E-state index contributed by atoms with van der Waals surface area (Å²) in [7, 11) is 1.37. The number of hydrogen-bond acceptors (Lipinski definition) is 4. The lowest BCUT2D eigenvalue weighted by molar-refractivity contribution is -0.146. The summed E-state index contributed by atoms with van der Waals surface area (Å²) in [5.74, 6) is 0.381. The summed E-state index contributed by atoms with van der Waals surface area (Å²) in [5.41, 5.74) is -0.749. The van der Waals surface area contributed by atoms with E-state index < -0.39 is 11.2 Å². The van der Waals surface area contributed by atoms with Crippen LogP contribution in [0.3, 0.4) is 0 Å². The van der Waals surface area contributed by atoms with Gasteiger partial charge in [0.15, 0.2) is 5.60 Å². The van der Waals surface area contributed by atoms with Crippen molar-refractivity contribution in [3.05, 3.63) is 29.8 Å². The smallest absolute Gasteiger partial charge is 0.341 e. The maximum Gasteiger partial charge on any atom is 0.341 e. The van der Waals surface area contributed by atoms with Crippen molar-refractivity contribution in [3.63, 3.8) is 0 Å². The zero-order valence-corrected chi connectivity index (χ0v) is 11.1. The lowest BCUT2D eigenvalue weighted by atomic mass is 9.88. The van der Waals surface area contributed by atoms with Crippen LogP contribution >= 0.6 is 0 Å². The van der Waals surface area contributed by atoms with E-state index in [2.05, 4.69) is 0 Å². The summed E-state index contributed by atoms with van der Waals surface area (Å²) in [6, 6.07) is 7.60. The van der Waals surface area contributed by atoms with Gasteiger partial charge in [-0.25, -0.2) is 4.79 Å². The fourth-order valence-electron chi connectivity index (χ4n) is 2.27. The highest BCUT2D eigenvalue weighted by atomic mass is 16.7. The van der Waals surface area contributed by atoms with Gasteiger partial charge in [-0.15, -0.1) is 0 Å². The number of benzene rings is 1. The molecule has 1 heterocycles. The maximum absolute atomic E-state index is 11.8. The lowest BCUT2D eigenvalue weighted by Gasteiger charge is -2.15. The van der Waals surface area contributed by atoms with Crippen LogP contribution in [-0.2, 0) is 19.9 Å². The number of carbonyl (C=O) groups is 1. The largest absolute Gasteiger partial charge is 0.493 e. The molecule has 0 bridgehead atoms. The molecule has 1 aliphatic heterocycles. The second-order valence-electron chi connectivity index (χ2n) is 4.59. The first-order valence-corrected chi connectivity index (χ1v) is 6.00. The van der Waals surface area contributed by atoms with Crippen LogP contribution in [0.5, 0.6) is 5.75 Å². The number of methoxy groups -OCH3 is 1. The number of esters is 1. The highest BCUT2D eigenvalue weighted by Crippen LogP contribution is 2.57. The van der Waals surface area contributed by atoms with Crippen molar-refractivity contribution in [3.8, 4) is 5.75 Å². The Balaban J connectivity index is 2.36. The van der Waals surface area contributed by atoms with E-state index in [1.807, 2.05) is 38.1 Å². The molecular weight excluding hydrogens is 232 g/mol. The average molecular weight is 250 g/mol. The highest BCUT2D eigenvalue weighted by molar-refractivity contribution is 5.85. The van der Waals surface area contributed by atoms with Gasteiger partial charge >= 0.3 is 5.97 Å². The van der Waals surface area contributed by atoms with E-state index >= 15 is 0 Å². The van der Waals surface area contributed by atoms with Crippen molar-refractivity contribution in [2.24, 2.45) is 0 Å². The van der Waals surface area contributed by atoms with Crippen LogP contribution < -0.4 is 4.74 Å². The van der Waals surface area contributed by atoms with Crippen LogP contribution in [0, 0.1) is 0 Å². The standard InChI is InChI=1S/C14H18O4/c1-5-17-11-9-7-6-8-10(11)13(2)14(3,18-13)12(15)16-4/h6-9H,5H2,1-4H3. The van der Waals surface area contributed by atoms with Gasteiger partial charge in [-0.05, 0) is 26.8 Å². The van der Waals surface area contributed by atoms with E-state index in [-0.39, 0.29) is 5.97 Å². The summed E-state index contributed by atoms with van der Waals surface area (Å²) in [6.45, 7) is 6.11. The van der Waals surface area contributed by atoms with Crippen molar-refractivity contribution in [2.45, 2.75) is 32.0 Å². The van der Waals surface area contributed by atoms with E-state index in [9.17, 15) is 4.79 Å². The molecule has 2 unspecified atom stereocenters. The van der Waals surface area contributed by atoms with Crippen molar-refractivity contribution < 1.29 is 19.0 Å². The fourth-order valence-corrected chi connectivity index (χ4v) is 2.27. The van der Waals surface area contributed by atoms with Gasteiger partial charge in [0.1, 0.15) is 11.4 Å². The molecule has 0 saturated carbocycles. The Labute approximate surface area is 107 Å². The van der Waals surface area contributed by atoms with E-state index in [1.165, 1.54) is 7.11 Å². The van der Waals surface area contributed by atoms with Gasteiger partial charge in [-0.1, -0.05) is 18.2 Å². The first-order chi connectivity index (χ1) is 8.49. The van der Waals surface area contributed by atoms with Crippen LogP contribution in [0.1, 0.15) is 26.3 Å². The number of rotatable bonds is 4. The Bertz CT molecular complexity index is 471. The van der Waals surface area contributed by atoms with E-state index in [4.69, 9.17) is 14.2 Å². The summed E-state index contributed by atoms with van der Waals surface area (Å²) in [6.07, 6.45) is 0. The second kappa shape index (κ2) is 4.28. The third-order valence-electron chi connectivity index (χ3n) is 3.55. The minimum absolute atomic E-state index is 0.365. The third kappa shape index (κ3) is 1.68. The van der Waals surface area contributed by atoms with Crippen molar-refractivity contribution in [1.82, 2.24) is 0 Å². The normalized spacial score (nSPS) is 29.8. The second-order valence-corrected chi connectivity index (χ2v) is 4.59. The predicted octanol–water partition coefficient (Wildman–Crippen LogP) is 2.26. The van der Waals surface area contributed by atoms with Crippen molar-refractivity contribution in [2.75, 3.05) is 13.7 Å². The molecule has 1 aromatic rings. The minimum atomic E-state index is -0.936. The molecular formula is C14H18O4. The zero-order valence-electron chi connectivity index (χ0n) is 11.1. The number of ether oxygens (including phenoxy) is 3. The lowest BCUT2D eigenvalue weighted by Crippen LogP contribution is -2.29. The molecule has 1 saturated heterocycles. The summed E-state index contributed by atoms with van der Waals surface area (Å²) < 4.78 is 16.0. The van der Waals surface area contributed by atoms with Crippen molar-refractivity contribution in [1.29, 1.82) is 0 Å². The summed E-state index contributed by atoms with van der Waals surface area (Å²) in [5, 5.41) is 0. The number of epoxide rings is 1. The Morgan fingerprint density at radius 3 is 2.61 bits per heavy atom. The third-order valence-corrected chi connectivity index (χ3v) is 3.55. The fraction of sp³-hybridized carbons (Fsp3) is 0.500. The Morgan fingerprint density at radius 2 is 2.00 bits per heavy atom. The van der Waals surface area contributed by atoms with Gasteiger partial charge in [0, 0.05) is 5.56 Å². The summed E-state index contributed by atoms with van der Waals surface area (Å²) in [4.78, 5) is 11.8. The first-order valence-electron chi connectivity index (χ1n) is 6.00. The molecule has 1 aromatic carbocycles. The molecule has 2 rings (SSSR count). The van der Waals surface area contributed by atoms with Crippen LogP contribution in [0.25, 0.3) is 0 Å². The van der Waals surface area contributed by atoms with Gasteiger partial charge in [0.25, 0.3) is 0 Å². The van der Waals surface area contributed by atoms with Crippen LogP contribution in [0.4, 0.5) is 0 Å². The molecule has 18 heavy (non-hydrogen) atoms. The van der Waals surface area contributed by atoms with Gasteiger partial charge in [-0.2, -0.15) is 0 Å². The van der Waals surface area contributed by atoms with Gasteiger partial charge in [0.2, 0.25) is 0 Å². The van der Waals surface area contributed by atoms with Gasteiger partial charge < -0.3 is 14.2 Å². The van der Waals surface area contributed by atoms with E-state index in [0.717, 1.165) is 11.3 Å². The zero-order chi connectivity index (χ0) is 13.4. The molecule has 0 N–H and O–H groups in total. The maximum atomic E-state index is 11.8. The Kier molecular flexibility index (Phi) is 3.07. The molecule has 0 aliphatic carbocycles. The van der Waals surface area contributed by atoms with Crippen LogP contribution in [0.2, 0.25) is 0 Å². The SMILES string of the molecule is CCOc1ccccc1C1(C)OC1(C)C(=O)OC. The molecule has 0 amide bonds. The molecule has 0 aromatic heterocycles. The molecule has 1 fully saturated rings. The van der Waals surface area contributed by atoms with Gasteiger partial charge in [-0.3, -0.25) is 0 Å². The average Bonchev–Trinajstić information content (AvgIpc) is 2.95. The molecule has 4 heteroatoms. The molecule has 2 atom stereocenters. The quantitative estimate of drug-likeness (QED) is 0.607. The number of para-hydroxylation sites is 1. The molecule has 0 spiro atoms. The highest BCUT2D eigenvalue weighted by Gasteiger charge is 2.71. The number of carbonyl (C=O) groups excluding carboxylic acids is 1. The Morgan fingerprint density at radius 1 is 1.33 bits per heavy atom. The molecule has 4 nitrogen and oxygen atoms in total. The predicted molar refractivity (Wildman–Crippen MR) is 66.5 cm³/mol. The van der Waals surface area contributed by atoms with Crippen molar-refractivity contribution >= 4 is 5.97 Å². The molecule has 98 valence electrons. The summed E-state index contributed by atoms with van der Waals surface area (Å²) >= 11 is 0. The van der Waals surface area contributed by atoms with E-state index in [1.54, 1.807) is 6.92 Å². The topological polar surface area (TPSA) is 48.1 Å². The molecule has 0 radical (unpaired) electrons. The number of hydrogen-bond donors (Lipinski definition) is 0. The monoisotopic (exact) mass is 250 g/mol. The Hall–Kier alpha value is -1.55. The molecule has 1 aliphatic rings. The van der Waals surface area contributed by atoms with Crippen LogP contribution in [0.15, 0.2) is 24.3 Å². The van der Waals surface area contributed by atoms with E-state index in [0.29, 0.717) is 6.61 Å². The van der Waals surface area contributed by atoms with Gasteiger partial charge in [0.05, 0.1) is 13.7 Å². The first kappa shape index (κ1) is 12.9. The minimum Gasteiger partial charge on any atom is -0.493 e.